The van der Waals surface area contributed by atoms with Crippen LogP contribution in [-0.4, -0.2) is 40.1 Å². The zero-order valence-electron chi connectivity index (χ0n) is 14.6. The van der Waals surface area contributed by atoms with Gasteiger partial charge in [-0.1, -0.05) is 29.8 Å². The van der Waals surface area contributed by atoms with Crippen LogP contribution in [0.2, 0.25) is 5.02 Å². The van der Waals surface area contributed by atoms with Gasteiger partial charge in [0.1, 0.15) is 0 Å². The molecule has 3 aromatic rings. The summed E-state index contributed by atoms with van der Waals surface area (Å²) in [6.45, 7) is 0.185. The number of benzene rings is 2. The molecule has 0 aliphatic carbocycles. The fraction of sp³-hybridized carbons (Fsp3) is 0.158. The fourth-order valence-electron chi connectivity index (χ4n) is 3.31. The predicted molar refractivity (Wildman–Crippen MR) is 103 cm³/mol. The molecule has 0 saturated carbocycles. The Hall–Kier alpha value is -2.68. The van der Waals surface area contributed by atoms with Crippen LogP contribution in [0, 0.1) is 0 Å². The van der Waals surface area contributed by atoms with Gasteiger partial charge < -0.3 is 5.11 Å². The maximum absolute atomic E-state index is 13.0. The van der Waals surface area contributed by atoms with Crippen molar-refractivity contribution in [3.05, 3.63) is 76.6 Å². The number of fused-ring (bicyclic) bond motifs is 1. The Labute approximate surface area is 166 Å². The van der Waals surface area contributed by atoms with Gasteiger partial charge >= 0.3 is 5.97 Å². The SMILES string of the molecule is O=C(O)c1nn(-c2ccccc2)c2c1CN(S(=O)(=O)c1ccc(Cl)cc1)CC2. The second-order valence-electron chi connectivity index (χ2n) is 6.37. The van der Waals surface area contributed by atoms with Gasteiger partial charge in [-0.05, 0) is 36.4 Å². The van der Waals surface area contributed by atoms with E-state index in [9.17, 15) is 18.3 Å². The molecule has 2 heterocycles. The highest BCUT2D eigenvalue weighted by molar-refractivity contribution is 7.89. The number of sulfonamides is 1. The lowest BCUT2D eigenvalue weighted by Crippen LogP contribution is -2.36. The molecular weight excluding hydrogens is 402 g/mol. The normalized spacial score (nSPS) is 14.6. The minimum Gasteiger partial charge on any atom is -0.476 e. The molecule has 144 valence electrons. The van der Waals surface area contributed by atoms with Gasteiger partial charge in [0.25, 0.3) is 0 Å². The third-order valence-corrected chi connectivity index (χ3v) is 6.79. The molecule has 2 aromatic carbocycles. The summed E-state index contributed by atoms with van der Waals surface area (Å²) in [7, 11) is -3.77. The van der Waals surface area contributed by atoms with E-state index < -0.39 is 16.0 Å². The van der Waals surface area contributed by atoms with Gasteiger partial charge in [-0.25, -0.2) is 17.9 Å². The topological polar surface area (TPSA) is 92.5 Å². The molecule has 0 fully saturated rings. The second kappa shape index (κ2) is 7.05. The van der Waals surface area contributed by atoms with Gasteiger partial charge in [0.15, 0.2) is 5.69 Å². The first-order valence-corrected chi connectivity index (χ1v) is 10.3. The van der Waals surface area contributed by atoms with Crippen LogP contribution >= 0.6 is 11.6 Å². The minimum atomic E-state index is -3.77. The summed E-state index contributed by atoms with van der Waals surface area (Å²) in [6, 6.07) is 15.1. The molecule has 0 bridgehead atoms. The lowest BCUT2D eigenvalue weighted by Gasteiger charge is -2.27. The first-order valence-electron chi connectivity index (χ1n) is 8.53. The molecule has 1 aliphatic heterocycles. The van der Waals surface area contributed by atoms with Crippen molar-refractivity contribution in [2.45, 2.75) is 17.9 Å². The van der Waals surface area contributed by atoms with Gasteiger partial charge in [0.05, 0.1) is 16.3 Å². The largest absolute Gasteiger partial charge is 0.476 e. The number of para-hydroxylation sites is 1. The van der Waals surface area contributed by atoms with Crippen LogP contribution in [0.1, 0.15) is 21.7 Å². The van der Waals surface area contributed by atoms with Crippen molar-refractivity contribution in [3.63, 3.8) is 0 Å². The molecule has 0 amide bonds. The van der Waals surface area contributed by atoms with E-state index in [1.807, 2.05) is 30.3 Å². The molecule has 1 N–H and O–H groups in total. The predicted octanol–water partition coefficient (Wildman–Crippen LogP) is 2.97. The summed E-state index contributed by atoms with van der Waals surface area (Å²) in [5.74, 6) is -1.18. The van der Waals surface area contributed by atoms with Crippen LogP contribution in [0.3, 0.4) is 0 Å². The smallest absolute Gasteiger partial charge is 0.356 e. The number of halogens is 1. The van der Waals surface area contributed by atoms with E-state index in [0.717, 1.165) is 5.69 Å². The summed E-state index contributed by atoms with van der Waals surface area (Å²) in [4.78, 5) is 11.8. The highest BCUT2D eigenvalue weighted by Crippen LogP contribution is 2.29. The quantitative estimate of drug-likeness (QED) is 0.704. The highest BCUT2D eigenvalue weighted by Gasteiger charge is 2.34. The van der Waals surface area contributed by atoms with Crippen molar-refractivity contribution in [1.29, 1.82) is 0 Å². The van der Waals surface area contributed by atoms with E-state index in [4.69, 9.17) is 11.6 Å². The first-order chi connectivity index (χ1) is 13.4. The Kier molecular flexibility index (Phi) is 4.70. The van der Waals surface area contributed by atoms with Crippen LogP contribution in [-0.2, 0) is 23.0 Å². The molecule has 1 aliphatic rings. The zero-order valence-corrected chi connectivity index (χ0v) is 16.2. The third kappa shape index (κ3) is 3.19. The van der Waals surface area contributed by atoms with E-state index >= 15 is 0 Å². The van der Waals surface area contributed by atoms with Crippen LogP contribution in [0.25, 0.3) is 5.69 Å². The Balaban J connectivity index is 1.75. The molecule has 1 aromatic heterocycles. The monoisotopic (exact) mass is 417 g/mol. The summed E-state index contributed by atoms with van der Waals surface area (Å²) in [6.07, 6.45) is 0.358. The van der Waals surface area contributed by atoms with Crippen molar-refractivity contribution in [1.82, 2.24) is 14.1 Å². The molecule has 0 spiro atoms. The zero-order chi connectivity index (χ0) is 19.9. The van der Waals surface area contributed by atoms with Gasteiger partial charge in [0, 0.05) is 30.1 Å². The van der Waals surface area contributed by atoms with E-state index in [0.29, 0.717) is 22.7 Å². The molecule has 7 nitrogen and oxygen atoms in total. The number of aromatic nitrogens is 2. The van der Waals surface area contributed by atoms with Crippen molar-refractivity contribution < 1.29 is 18.3 Å². The minimum absolute atomic E-state index is 0.0469. The van der Waals surface area contributed by atoms with Crippen molar-refractivity contribution in [2.75, 3.05) is 6.54 Å². The van der Waals surface area contributed by atoms with Crippen LogP contribution in [0.15, 0.2) is 59.5 Å². The molecule has 0 atom stereocenters. The molecule has 4 rings (SSSR count). The number of hydrogen-bond donors (Lipinski definition) is 1. The number of hydrogen-bond acceptors (Lipinski definition) is 4. The lowest BCUT2D eigenvalue weighted by molar-refractivity contribution is 0.0688. The third-order valence-electron chi connectivity index (χ3n) is 4.68. The number of carboxylic acids is 1. The second-order valence-corrected chi connectivity index (χ2v) is 8.74. The van der Waals surface area contributed by atoms with Gasteiger partial charge in [-0.2, -0.15) is 9.40 Å². The van der Waals surface area contributed by atoms with Crippen LogP contribution in [0.5, 0.6) is 0 Å². The number of carboxylic acid groups (broad SMARTS) is 1. The van der Waals surface area contributed by atoms with Crippen molar-refractivity contribution in [2.24, 2.45) is 0 Å². The number of rotatable bonds is 4. The Bertz CT molecular complexity index is 1140. The Morgan fingerprint density at radius 2 is 1.75 bits per heavy atom. The summed E-state index contributed by atoms with van der Waals surface area (Å²) in [5.41, 5.74) is 1.74. The van der Waals surface area contributed by atoms with Gasteiger partial charge in [0.2, 0.25) is 10.0 Å². The summed E-state index contributed by atoms with van der Waals surface area (Å²) in [5, 5.41) is 14.3. The van der Waals surface area contributed by atoms with Crippen molar-refractivity contribution >= 4 is 27.6 Å². The highest BCUT2D eigenvalue weighted by atomic mass is 35.5. The number of nitrogens with zero attached hydrogens (tertiary/aromatic N) is 3. The maximum atomic E-state index is 13.0. The summed E-state index contributed by atoms with van der Waals surface area (Å²) >= 11 is 5.85. The lowest BCUT2D eigenvalue weighted by atomic mass is 10.1. The molecule has 0 radical (unpaired) electrons. The summed E-state index contributed by atoms with van der Waals surface area (Å²) < 4.78 is 28.8. The average molecular weight is 418 g/mol. The van der Waals surface area contributed by atoms with Crippen molar-refractivity contribution in [3.8, 4) is 5.69 Å². The van der Waals surface area contributed by atoms with E-state index in [2.05, 4.69) is 5.10 Å². The first kappa shape index (κ1) is 18.7. The Morgan fingerprint density at radius 3 is 2.39 bits per heavy atom. The van der Waals surface area contributed by atoms with E-state index in [1.165, 1.54) is 28.6 Å². The molecule has 9 heteroatoms. The molecular formula is C19H16ClN3O4S. The number of aromatic carboxylic acids is 1. The fourth-order valence-corrected chi connectivity index (χ4v) is 4.84. The average Bonchev–Trinajstić information content (AvgIpc) is 3.08. The molecule has 28 heavy (non-hydrogen) atoms. The maximum Gasteiger partial charge on any atom is 0.356 e. The molecule has 0 saturated heterocycles. The van der Waals surface area contributed by atoms with Crippen LogP contribution in [0.4, 0.5) is 0 Å². The Morgan fingerprint density at radius 1 is 1.07 bits per heavy atom. The molecule has 0 unspecified atom stereocenters. The number of carbonyl (C=O) groups is 1. The standard InChI is InChI=1S/C19H16ClN3O4S/c20-13-6-8-15(9-7-13)28(26,27)22-11-10-17-16(12-22)18(19(24)25)21-23(17)14-4-2-1-3-5-14/h1-9H,10-12H2,(H,24,25). The van der Waals surface area contributed by atoms with Crippen LogP contribution < -0.4 is 0 Å². The van der Waals surface area contributed by atoms with E-state index in [-0.39, 0.29) is 23.7 Å². The van der Waals surface area contributed by atoms with Gasteiger partial charge in [-0.15, -0.1) is 0 Å². The van der Waals surface area contributed by atoms with E-state index in [1.54, 1.807) is 4.68 Å². The van der Waals surface area contributed by atoms with Gasteiger partial charge in [-0.3, -0.25) is 0 Å².